The van der Waals surface area contributed by atoms with E-state index >= 15 is 0 Å². The monoisotopic (exact) mass is 379 g/mol. The number of nitrogens with zero attached hydrogens (tertiary/aromatic N) is 6. The Bertz CT molecular complexity index is 855. The van der Waals surface area contributed by atoms with E-state index in [0.717, 1.165) is 23.0 Å². The third-order valence-electron chi connectivity index (χ3n) is 3.56. The molecule has 1 aromatic heterocycles. The van der Waals surface area contributed by atoms with E-state index in [-0.39, 0.29) is 0 Å². The van der Waals surface area contributed by atoms with Gasteiger partial charge in [-0.2, -0.15) is 10.2 Å². The first-order valence-corrected chi connectivity index (χ1v) is 9.63. The molecular weight excluding hydrogens is 348 g/mol. The smallest absolute Gasteiger partial charge is 0.233 e. The van der Waals surface area contributed by atoms with Crippen LogP contribution in [0.15, 0.2) is 81.4 Å². The van der Waals surface area contributed by atoms with E-state index in [2.05, 4.69) is 20.5 Å². The number of benzene rings is 2. The lowest BCUT2D eigenvalue weighted by molar-refractivity contribution is -0.657. The van der Waals surface area contributed by atoms with Gasteiger partial charge in [0.25, 0.3) is 0 Å². The van der Waals surface area contributed by atoms with E-state index in [0.29, 0.717) is 0 Å². The zero-order chi connectivity index (χ0) is 20.9. The predicted molar refractivity (Wildman–Crippen MR) is 115 cm³/mol. The van der Waals surface area contributed by atoms with Crippen LogP contribution >= 0.6 is 0 Å². The Morgan fingerprint density at radius 2 is 1.07 bits per heavy atom. The molecule has 0 aliphatic rings. The Kier molecular flexibility index (Phi) is 10.0. The third kappa shape index (κ3) is 6.87. The van der Waals surface area contributed by atoms with Crippen molar-refractivity contribution in [3.63, 3.8) is 0 Å². The third-order valence-corrected chi connectivity index (χ3v) is 3.56. The summed E-state index contributed by atoms with van der Waals surface area (Å²) < 4.78 is 3.82. The van der Waals surface area contributed by atoms with Crippen LogP contribution in [0.2, 0.25) is 0 Å². The highest BCUT2D eigenvalue weighted by Gasteiger charge is 2.10. The molecule has 0 aliphatic heterocycles. The summed E-state index contributed by atoms with van der Waals surface area (Å²) in [5.74, 6) is 0.776. The zero-order valence-electron chi connectivity index (χ0n) is 18.0. The van der Waals surface area contributed by atoms with Crippen molar-refractivity contribution < 1.29 is 4.57 Å². The molecule has 0 saturated carbocycles. The lowest BCUT2D eigenvalue weighted by atomic mass is 10.2. The van der Waals surface area contributed by atoms with Crippen LogP contribution in [-0.2, 0) is 14.1 Å². The number of hydrogen-bond acceptors (Lipinski definition) is 4. The van der Waals surface area contributed by atoms with Gasteiger partial charge in [-0.15, -0.1) is 0 Å². The van der Waals surface area contributed by atoms with Gasteiger partial charge in [-0.25, -0.2) is 9.13 Å². The highest BCUT2D eigenvalue weighted by Crippen LogP contribution is 2.22. The maximum absolute atomic E-state index is 4.26. The van der Waals surface area contributed by atoms with Gasteiger partial charge in [-0.05, 0) is 43.3 Å². The SMILES string of the molecule is CC.CC.Cc1ccc(N=Nc2ccc(N=Nc3n(C)cc[n+]3C)cc2)cc1. The van der Waals surface area contributed by atoms with Gasteiger partial charge in [0.2, 0.25) is 0 Å². The van der Waals surface area contributed by atoms with Crippen molar-refractivity contribution in [2.24, 2.45) is 34.6 Å². The van der Waals surface area contributed by atoms with E-state index in [1.807, 2.05) is 119 Å². The second-order valence-corrected chi connectivity index (χ2v) is 5.57. The Morgan fingerprint density at radius 1 is 0.679 bits per heavy atom. The standard InChI is InChI=1S/C18H19N6.2C2H6/c1-14-4-6-15(7-5-14)19-20-16-8-10-17(11-9-16)21-22-18-23(2)12-13-24(18)3;2*1-2/h4-13H,1-3H3;2*1-2H3/q+1;;. The quantitative estimate of drug-likeness (QED) is 0.345. The molecule has 3 aromatic rings. The predicted octanol–water partition coefficient (Wildman–Crippen LogP) is 7.04. The van der Waals surface area contributed by atoms with Crippen LogP contribution in [0.25, 0.3) is 0 Å². The normalized spacial score (nSPS) is 10.4. The summed E-state index contributed by atoms with van der Waals surface area (Å²) in [5.41, 5.74) is 3.58. The fourth-order valence-corrected chi connectivity index (χ4v) is 2.14. The summed E-state index contributed by atoms with van der Waals surface area (Å²) in [6, 6.07) is 15.4. The first-order chi connectivity index (χ1) is 13.6. The summed E-state index contributed by atoms with van der Waals surface area (Å²) >= 11 is 0. The van der Waals surface area contributed by atoms with Crippen molar-refractivity contribution in [3.05, 3.63) is 66.5 Å². The van der Waals surface area contributed by atoms with E-state index in [1.54, 1.807) is 0 Å². The van der Waals surface area contributed by atoms with Crippen LogP contribution in [0.1, 0.15) is 33.3 Å². The highest BCUT2D eigenvalue weighted by molar-refractivity contribution is 5.47. The Balaban J connectivity index is 0.000000921. The molecule has 0 N–H and O–H groups in total. The van der Waals surface area contributed by atoms with Crippen molar-refractivity contribution in [2.45, 2.75) is 34.6 Å². The fraction of sp³-hybridized carbons (Fsp3) is 0.318. The molecule has 1 heterocycles. The van der Waals surface area contributed by atoms with Crippen LogP contribution in [0.5, 0.6) is 0 Å². The molecule has 0 radical (unpaired) electrons. The molecule has 0 amide bonds. The number of aryl methyl sites for hydroxylation is 3. The molecule has 148 valence electrons. The Labute approximate surface area is 168 Å². The molecule has 6 nitrogen and oxygen atoms in total. The number of imidazole rings is 1. The van der Waals surface area contributed by atoms with Gasteiger partial charge in [0, 0.05) is 5.11 Å². The molecular formula is C22H31N6+. The highest BCUT2D eigenvalue weighted by atomic mass is 15.3. The fourth-order valence-electron chi connectivity index (χ4n) is 2.14. The summed E-state index contributed by atoms with van der Waals surface area (Å²) in [7, 11) is 3.87. The minimum absolute atomic E-state index is 0.769. The maximum atomic E-state index is 4.26. The Hall–Kier alpha value is -3.15. The molecule has 0 bridgehead atoms. The first kappa shape index (κ1) is 22.9. The van der Waals surface area contributed by atoms with Crippen molar-refractivity contribution in [2.75, 3.05) is 0 Å². The van der Waals surface area contributed by atoms with Crippen LogP contribution in [0.3, 0.4) is 0 Å². The molecule has 0 atom stereocenters. The van der Waals surface area contributed by atoms with E-state index < -0.39 is 0 Å². The molecule has 28 heavy (non-hydrogen) atoms. The van der Waals surface area contributed by atoms with Crippen LogP contribution in [-0.4, -0.2) is 4.57 Å². The first-order valence-electron chi connectivity index (χ1n) is 9.63. The molecule has 0 saturated heterocycles. The maximum Gasteiger partial charge on any atom is 0.421 e. The van der Waals surface area contributed by atoms with Crippen LogP contribution < -0.4 is 4.57 Å². The summed E-state index contributed by atoms with van der Waals surface area (Å²) in [6.07, 6.45) is 3.87. The molecule has 3 rings (SSSR count). The summed E-state index contributed by atoms with van der Waals surface area (Å²) in [5, 5.41) is 17.0. The minimum Gasteiger partial charge on any atom is -0.233 e. The van der Waals surface area contributed by atoms with Gasteiger partial charge in [0.1, 0.15) is 5.69 Å². The minimum atomic E-state index is 0.769. The zero-order valence-corrected chi connectivity index (χ0v) is 18.0. The lowest BCUT2D eigenvalue weighted by Crippen LogP contribution is -2.25. The van der Waals surface area contributed by atoms with Crippen molar-refractivity contribution in [1.82, 2.24) is 4.57 Å². The number of azo groups is 2. The second-order valence-electron chi connectivity index (χ2n) is 5.57. The van der Waals surface area contributed by atoms with E-state index in [1.165, 1.54) is 5.56 Å². The average Bonchev–Trinajstić information content (AvgIpc) is 3.07. The second kappa shape index (κ2) is 12.3. The molecule has 0 spiro atoms. The van der Waals surface area contributed by atoms with E-state index in [4.69, 9.17) is 0 Å². The number of rotatable bonds is 4. The van der Waals surface area contributed by atoms with Gasteiger partial charge >= 0.3 is 5.95 Å². The Morgan fingerprint density at radius 3 is 1.46 bits per heavy atom. The number of hydrogen-bond donors (Lipinski definition) is 0. The topological polar surface area (TPSA) is 58.2 Å². The van der Waals surface area contributed by atoms with Crippen LogP contribution in [0, 0.1) is 6.92 Å². The van der Waals surface area contributed by atoms with Crippen molar-refractivity contribution >= 4 is 23.0 Å². The molecule has 0 aliphatic carbocycles. The molecule has 6 heteroatoms. The lowest BCUT2D eigenvalue weighted by Gasteiger charge is -1.95. The summed E-state index contributed by atoms with van der Waals surface area (Å²) in [6.45, 7) is 10.0. The van der Waals surface area contributed by atoms with Gasteiger partial charge in [-0.3, -0.25) is 0 Å². The summed E-state index contributed by atoms with van der Waals surface area (Å²) in [4.78, 5) is 0. The van der Waals surface area contributed by atoms with Gasteiger partial charge < -0.3 is 0 Å². The van der Waals surface area contributed by atoms with Crippen molar-refractivity contribution in [1.29, 1.82) is 0 Å². The molecule has 0 unspecified atom stereocenters. The largest absolute Gasteiger partial charge is 0.421 e. The van der Waals surface area contributed by atoms with Gasteiger partial charge in [0.15, 0.2) is 0 Å². The van der Waals surface area contributed by atoms with Gasteiger partial charge in [-0.1, -0.05) is 50.5 Å². The molecule has 0 fully saturated rings. The van der Waals surface area contributed by atoms with Crippen molar-refractivity contribution in [3.8, 4) is 0 Å². The molecule has 2 aromatic carbocycles. The average molecular weight is 380 g/mol. The van der Waals surface area contributed by atoms with Crippen LogP contribution in [0.4, 0.5) is 23.0 Å². The van der Waals surface area contributed by atoms with Gasteiger partial charge in [0.05, 0.1) is 37.9 Å². The number of aromatic nitrogens is 2. The van der Waals surface area contributed by atoms with E-state index in [9.17, 15) is 0 Å².